The number of amides is 1. The number of fused-ring (bicyclic) bond motifs is 1. The zero-order valence-corrected chi connectivity index (χ0v) is 15.5. The van der Waals surface area contributed by atoms with E-state index in [1.54, 1.807) is 43.6 Å². The third-order valence-corrected chi connectivity index (χ3v) is 4.15. The molecule has 0 saturated carbocycles. The van der Waals surface area contributed by atoms with Crippen molar-refractivity contribution in [3.8, 4) is 5.75 Å². The van der Waals surface area contributed by atoms with Gasteiger partial charge in [0.2, 0.25) is 0 Å². The number of halogens is 3. The molecule has 1 atom stereocenters. The lowest BCUT2D eigenvalue weighted by Crippen LogP contribution is -2.40. The van der Waals surface area contributed by atoms with Crippen LogP contribution < -0.4 is 10.1 Å². The topological polar surface area (TPSA) is 88.8 Å². The van der Waals surface area contributed by atoms with Crippen LogP contribution in [0.25, 0.3) is 5.52 Å². The van der Waals surface area contributed by atoms with Gasteiger partial charge in [0.15, 0.2) is 0 Å². The Labute approximate surface area is 164 Å². The number of hydrogen-bond donors (Lipinski definition) is 2. The standard InChI is InChI=1S/C19H19F3N4O3/c1-12-17(18(28)24-14(10-27)9-19(20,21)22)16-8-15(5-7-26(16)25-12)29-11-13-4-2-3-6-23-13/h2-8,14,27H,9-11H2,1H3,(H,24,28). The number of alkyl halides is 3. The van der Waals surface area contributed by atoms with E-state index >= 15 is 0 Å². The van der Waals surface area contributed by atoms with Gasteiger partial charge in [-0.3, -0.25) is 9.78 Å². The molecule has 0 radical (unpaired) electrons. The van der Waals surface area contributed by atoms with Crippen LogP contribution in [0.5, 0.6) is 5.75 Å². The molecule has 3 heterocycles. The molecule has 0 aliphatic rings. The van der Waals surface area contributed by atoms with E-state index in [1.165, 1.54) is 4.52 Å². The van der Waals surface area contributed by atoms with Crippen LogP contribution in [0.3, 0.4) is 0 Å². The number of carbonyl (C=O) groups is 1. The van der Waals surface area contributed by atoms with E-state index < -0.39 is 31.2 Å². The van der Waals surface area contributed by atoms with E-state index in [9.17, 15) is 23.1 Å². The molecule has 0 spiro atoms. The summed E-state index contributed by atoms with van der Waals surface area (Å²) in [7, 11) is 0. The third-order valence-electron chi connectivity index (χ3n) is 4.15. The summed E-state index contributed by atoms with van der Waals surface area (Å²) in [4.78, 5) is 16.7. The minimum absolute atomic E-state index is 0.119. The number of hydrogen-bond acceptors (Lipinski definition) is 5. The van der Waals surface area contributed by atoms with Crippen molar-refractivity contribution in [2.75, 3.05) is 6.61 Å². The van der Waals surface area contributed by atoms with Crippen LogP contribution in [0.2, 0.25) is 0 Å². The highest BCUT2D eigenvalue weighted by Gasteiger charge is 2.33. The molecule has 0 aromatic carbocycles. The summed E-state index contributed by atoms with van der Waals surface area (Å²) in [5, 5.41) is 15.6. The number of carbonyl (C=O) groups excluding carboxylic acids is 1. The summed E-state index contributed by atoms with van der Waals surface area (Å²) in [6.07, 6.45) is -2.61. The van der Waals surface area contributed by atoms with Gasteiger partial charge in [-0.1, -0.05) is 6.07 Å². The molecular weight excluding hydrogens is 389 g/mol. The molecule has 29 heavy (non-hydrogen) atoms. The molecule has 0 aliphatic carbocycles. The van der Waals surface area contributed by atoms with Gasteiger partial charge >= 0.3 is 6.18 Å². The first-order chi connectivity index (χ1) is 13.8. The number of nitrogens with zero attached hydrogens (tertiary/aromatic N) is 3. The minimum Gasteiger partial charge on any atom is -0.487 e. The molecule has 3 aromatic rings. The molecule has 3 aromatic heterocycles. The van der Waals surface area contributed by atoms with Crippen LogP contribution >= 0.6 is 0 Å². The summed E-state index contributed by atoms with van der Waals surface area (Å²) in [5.41, 5.74) is 1.55. The second kappa shape index (κ2) is 8.48. The molecule has 0 saturated heterocycles. The Morgan fingerprint density at radius 3 is 2.79 bits per heavy atom. The van der Waals surface area contributed by atoms with E-state index in [0.717, 1.165) is 0 Å². The Morgan fingerprint density at radius 2 is 2.14 bits per heavy atom. The van der Waals surface area contributed by atoms with Crippen LogP contribution in [0.15, 0.2) is 42.7 Å². The molecule has 154 valence electrons. The fraction of sp³-hybridized carbons (Fsp3) is 0.316. The molecular formula is C19H19F3N4O3. The van der Waals surface area contributed by atoms with Crippen molar-refractivity contribution in [2.24, 2.45) is 0 Å². The predicted octanol–water partition coefficient (Wildman–Crippen LogP) is 2.66. The molecule has 0 fully saturated rings. The molecule has 3 rings (SSSR count). The first-order valence-corrected chi connectivity index (χ1v) is 8.77. The summed E-state index contributed by atoms with van der Waals surface area (Å²) in [5.74, 6) is -0.297. The highest BCUT2D eigenvalue weighted by molar-refractivity contribution is 6.02. The van der Waals surface area contributed by atoms with Gasteiger partial charge in [0.05, 0.1) is 41.5 Å². The largest absolute Gasteiger partial charge is 0.487 e. The normalized spacial score (nSPS) is 12.7. The van der Waals surface area contributed by atoms with Crippen LogP contribution in [0.4, 0.5) is 13.2 Å². The number of pyridine rings is 2. The minimum atomic E-state index is -4.51. The van der Waals surface area contributed by atoms with Gasteiger partial charge in [0.25, 0.3) is 5.91 Å². The zero-order chi connectivity index (χ0) is 21.0. The predicted molar refractivity (Wildman–Crippen MR) is 97.5 cm³/mol. The van der Waals surface area contributed by atoms with Crippen LogP contribution in [-0.2, 0) is 6.61 Å². The lowest BCUT2D eigenvalue weighted by Gasteiger charge is -2.18. The van der Waals surface area contributed by atoms with Gasteiger partial charge in [-0.15, -0.1) is 0 Å². The van der Waals surface area contributed by atoms with Crippen molar-refractivity contribution in [1.82, 2.24) is 19.9 Å². The van der Waals surface area contributed by atoms with Crippen molar-refractivity contribution >= 4 is 11.4 Å². The molecule has 1 unspecified atom stereocenters. The number of nitrogens with one attached hydrogen (secondary N) is 1. The van der Waals surface area contributed by atoms with E-state index in [1.807, 2.05) is 6.07 Å². The summed E-state index contributed by atoms with van der Waals surface area (Å²) >= 11 is 0. The number of aliphatic hydroxyl groups is 1. The van der Waals surface area contributed by atoms with Gasteiger partial charge in [0, 0.05) is 18.5 Å². The van der Waals surface area contributed by atoms with Crippen molar-refractivity contribution < 1.29 is 27.8 Å². The molecule has 2 N–H and O–H groups in total. The second-order valence-corrected chi connectivity index (χ2v) is 6.43. The Balaban J connectivity index is 1.81. The Morgan fingerprint density at radius 1 is 1.34 bits per heavy atom. The number of rotatable bonds is 7. The Hall–Kier alpha value is -3.14. The monoisotopic (exact) mass is 408 g/mol. The average Bonchev–Trinajstić information content (AvgIpc) is 3.00. The van der Waals surface area contributed by atoms with Gasteiger partial charge in [-0.2, -0.15) is 18.3 Å². The Kier molecular flexibility index (Phi) is 6.02. The highest BCUT2D eigenvalue weighted by Crippen LogP contribution is 2.24. The summed E-state index contributed by atoms with van der Waals surface area (Å²) < 4.78 is 44.9. The molecule has 0 aliphatic heterocycles. The van der Waals surface area contributed by atoms with Crippen molar-refractivity contribution in [3.05, 3.63) is 59.7 Å². The van der Waals surface area contributed by atoms with Gasteiger partial charge < -0.3 is 15.2 Å². The van der Waals surface area contributed by atoms with Crippen LogP contribution in [0.1, 0.15) is 28.2 Å². The van der Waals surface area contributed by atoms with Crippen molar-refractivity contribution in [2.45, 2.75) is 32.2 Å². The van der Waals surface area contributed by atoms with Crippen molar-refractivity contribution in [1.29, 1.82) is 0 Å². The van der Waals surface area contributed by atoms with Gasteiger partial charge in [-0.05, 0) is 25.1 Å². The lowest BCUT2D eigenvalue weighted by atomic mass is 10.1. The SMILES string of the molecule is Cc1nn2ccc(OCc3ccccn3)cc2c1C(=O)NC(CO)CC(F)(F)F. The molecule has 7 nitrogen and oxygen atoms in total. The lowest BCUT2D eigenvalue weighted by molar-refractivity contribution is -0.141. The summed E-state index contributed by atoms with van der Waals surface area (Å²) in [6, 6.07) is 7.21. The molecule has 10 heteroatoms. The number of aliphatic hydroxyl groups excluding tert-OH is 1. The zero-order valence-electron chi connectivity index (χ0n) is 15.5. The maximum absolute atomic E-state index is 12.6. The number of aromatic nitrogens is 3. The first-order valence-electron chi connectivity index (χ1n) is 8.77. The second-order valence-electron chi connectivity index (χ2n) is 6.43. The molecule has 1 amide bonds. The maximum atomic E-state index is 12.6. The smallest absolute Gasteiger partial charge is 0.391 e. The van der Waals surface area contributed by atoms with Crippen LogP contribution in [0, 0.1) is 6.92 Å². The van der Waals surface area contributed by atoms with E-state index in [0.29, 0.717) is 22.7 Å². The van der Waals surface area contributed by atoms with Crippen LogP contribution in [-0.4, -0.2) is 44.4 Å². The quantitative estimate of drug-likeness (QED) is 0.628. The fourth-order valence-electron chi connectivity index (χ4n) is 2.85. The summed E-state index contributed by atoms with van der Waals surface area (Å²) in [6.45, 7) is 0.958. The van der Waals surface area contributed by atoms with E-state index in [2.05, 4.69) is 15.4 Å². The number of aryl methyl sites for hydroxylation is 1. The van der Waals surface area contributed by atoms with Crippen molar-refractivity contribution in [3.63, 3.8) is 0 Å². The first kappa shape index (κ1) is 20.6. The van der Waals surface area contributed by atoms with E-state index in [4.69, 9.17) is 4.74 Å². The fourth-order valence-corrected chi connectivity index (χ4v) is 2.85. The molecule has 0 bridgehead atoms. The maximum Gasteiger partial charge on any atom is 0.391 e. The third kappa shape index (κ3) is 5.23. The number of ether oxygens (including phenoxy) is 1. The Bertz CT molecular complexity index is 990. The van der Waals surface area contributed by atoms with Gasteiger partial charge in [-0.25, -0.2) is 4.52 Å². The van der Waals surface area contributed by atoms with E-state index in [-0.39, 0.29) is 12.2 Å². The highest BCUT2D eigenvalue weighted by atomic mass is 19.4. The average molecular weight is 408 g/mol. The van der Waals surface area contributed by atoms with Gasteiger partial charge in [0.1, 0.15) is 12.4 Å².